The summed E-state index contributed by atoms with van der Waals surface area (Å²) in [6, 6.07) is 4.76. The molecule has 0 bridgehead atoms. The molecule has 0 amide bonds. The predicted molar refractivity (Wildman–Crippen MR) is 39.0 cm³/mol. The molecule has 1 rings (SSSR count). The van der Waals surface area contributed by atoms with Crippen molar-refractivity contribution in [3.63, 3.8) is 0 Å². The third kappa shape index (κ3) is 1.72. The molecule has 1 heterocycles. The molecule has 0 spiro atoms. The lowest BCUT2D eigenvalue weighted by molar-refractivity contribution is 0.326. The first-order chi connectivity index (χ1) is 4.83. The summed E-state index contributed by atoms with van der Waals surface area (Å²) in [5.41, 5.74) is 1.10. The van der Waals surface area contributed by atoms with Gasteiger partial charge in [-0.25, -0.2) is 4.98 Å². The smallest absolute Gasteiger partial charge is 0.221 e. The van der Waals surface area contributed by atoms with E-state index in [-0.39, 0.29) is 0 Å². The van der Waals surface area contributed by atoms with Crippen molar-refractivity contribution in [3.05, 3.63) is 23.9 Å². The molecule has 0 fully saturated rings. The molecular formula is C8H10NO. The number of hydrogen-bond donors (Lipinski definition) is 0. The number of pyridine rings is 1. The molecule has 0 unspecified atom stereocenters. The van der Waals surface area contributed by atoms with Gasteiger partial charge in [-0.1, -0.05) is 0 Å². The lowest BCUT2D eigenvalue weighted by Crippen LogP contribution is -1.93. The Morgan fingerprint density at radius 2 is 2.50 bits per heavy atom. The van der Waals surface area contributed by atoms with Crippen LogP contribution in [0.5, 0.6) is 5.88 Å². The Balaban J connectivity index is 2.69. The fraction of sp³-hybridized carbons (Fsp3) is 0.375. The first kappa shape index (κ1) is 7.06. The molecule has 0 atom stereocenters. The monoisotopic (exact) mass is 136 g/mol. The van der Waals surface area contributed by atoms with Gasteiger partial charge in [0, 0.05) is 12.3 Å². The number of ether oxygens (including phenoxy) is 1. The molecule has 2 heteroatoms. The molecule has 0 N–H and O–H groups in total. The molecule has 1 aromatic heterocycles. The molecule has 1 radical (unpaired) electrons. The van der Waals surface area contributed by atoms with Crippen molar-refractivity contribution in [3.8, 4) is 5.88 Å². The van der Waals surface area contributed by atoms with Crippen LogP contribution in [0.15, 0.2) is 12.3 Å². The Hall–Kier alpha value is -1.05. The second kappa shape index (κ2) is 3.20. The van der Waals surface area contributed by atoms with E-state index in [1.807, 2.05) is 19.9 Å². The first-order valence-electron chi connectivity index (χ1n) is 3.30. The molecule has 0 saturated heterocycles. The topological polar surface area (TPSA) is 22.1 Å². The number of rotatable bonds is 2. The van der Waals surface area contributed by atoms with E-state index in [0.29, 0.717) is 12.5 Å². The van der Waals surface area contributed by atoms with E-state index in [9.17, 15) is 0 Å². The zero-order chi connectivity index (χ0) is 7.40. The molecule has 10 heavy (non-hydrogen) atoms. The summed E-state index contributed by atoms with van der Waals surface area (Å²) in [6.45, 7) is 4.54. The number of aryl methyl sites for hydroxylation is 1. The van der Waals surface area contributed by atoms with Crippen molar-refractivity contribution in [1.29, 1.82) is 0 Å². The molecule has 0 aliphatic rings. The highest BCUT2D eigenvalue weighted by molar-refractivity contribution is 5.14. The Kier molecular flexibility index (Phi) is 2.26. The van der Waals surface area contributed by atoms with Crippen molar-refractivity contribution in [2.75, 3.05) is 6.61 Å². The van der Waals surface area contributed by atoms with Crippen LogP contribution in [0.3, 0.4) is 0 Å². The van der Waals surface area contributed by atoms with Crippen molar-refractivity contribution in [1.82, 2.24) is 4.98 Å². The standard InChI is InChI=1S/C8H10NO/c1-3-10-8-5-4-7(2)6-9-8/h4,6H,3H2,1-2H3. The van der Waals surface area contributed by atoms with Crippen LogP contribution in [0.4, 0.5) is 0 Å². The van der Waals surface area contributed by atoms with E-state index in [1.54, 1.807) is 6.20 Å². The van der Waals surface area contributed by atoms with Crippen LogP contribution in [0, 0.1) is 13.0 Å². The van der Waals surface area contributed by atoms with Crippen molar-refractivity contribution >= 4 is 0 Å². The normalized spacial score (nSPS) is 9.40. The summed E-state index contributed by atoms with van der Waals surface area (Å²) >= 11 is 0. The number of hydrogen-bond acceptors (Lipinski definition) is 2. The first-order valence-corrected chi connectivity index (χ1v) is 3.30. The zero-order valence-corrected chi connectivity index (χ0v) is 6.22. The number of aromatic nitrogens is 1. The summed E-state index contributed by atoms with van der Waals surface area (Å²) < 4.78 is 5.09. The van der Waals surface area contributed by atoms with Crippen LogP contribution in [-0.2, 0) is 0 Å². The van der Waals surface area contributed by atoms with E-state index in [2.05, 4.69) is 11.1 Å². The third-order valence-electron chi connectivity index (χ3n) is 1.09. The summed E-state index contributed by atoms with van der Waals surface area (Å²) in [5, 5.41) is 0. The van der Waals surface area contributed by atoms with Gasteiger partial charge in [0.05, 0.1) is 6.61 Å². The molecule has 0 aromatic carbocycles. The fourth-order valence-electron chi connectivity index (χ4n) is 0.626. The van der Waals surface area contributed by atoms with Crippen LogP contribution >= 0.6 is 0 Å². The minimum absolute atomic E-state index is 0.577. The lowest BCUT2D eigenvalue weighted by atomic mass is 10.3. The van der Waals surface area contributed by atoms with Crippen molar-refractivity contribution in [2.45, 2.75) is 13.8 Å². The molecule has 53 valence electrons. The van der Waals surface area contributed by atoms with Gasteiger partial charge in [0.1, 0.15) is 0 Å². The highest BCUT2D eigenvalue weighted by atomic mass is 16.5. The molecule has 1 aromatic rings. The lowest BCUT2D eigenvalue weighted by Gasteiger charge is -1.99. The quantitative estimate of drug-likeness (QED) is 0.616. The highest BCUT2D eigenvalue weighted by Crippen LogP contribution is 2.04. The summed E-state index contributed by atoms with van der Waals surface area (Å²) in [6.07, 6.45) is 1.77. The van der Waals surface area contributed by atoms with E-state index in [0.717, 1.165) is 5.56 Å². The predicted octanol–water partition coefficient (Wildman–Crippen LogP) is 1.59. The van der Waals surface area contributed by atoms with E-state index in [1.165, 1.54) is 0 Å². The average Bonchev–Trinajstić information content (AvgIpc) is 1.95. The second-order valence-electron chi connectivity index (χ2n) is 2.03. The second-order valence-corrected chi connectivity index (χ2v) is 2.03. The SMILES string of the molecule is CCOc1[c]cc(C)cn1. The molecular weight excluding hydrogens is 126 g/mol. The van der Waals surface area contributed by atoms with Gasteiger partial charge in [-0.15, -0.1) is 0 Å². The van der Waals surface area contributed by atoms with Crippen LogP contribution in [0.2, 0.25) is 0 Å². The van der Waals surface area contributed by atoms with Gasteiger partial charge in [-0.3, -0.25) is 0 Å². The fourth-order valence-corrected chi connectivity index (χ4v) is 0.626. The van der Waals surface area contributed by atoms with Crippen molar-refractivity contribution < 1.29 is 4.74 Å². The van der Waals surface area contributed by atoms with Gasteiger partial charge in [0.25, 0.3) is 0 Å². The molecule has 0 aliphatic heterocycles. The minimum atomic E-state index is 0.577. The average molecular weight is 136 g/mol. The van der Waals surface area contributed by atoms with Crippen LogP contribution in [0.1, 0.15) is 12.5 Å². The molecule has 2 nitrogen and oxygen atoms in total. The summed E-state index contributed by atoms with van der Waals surface area (Å²) in [7, 11) is 0. The van der Waals surface area contributed by atoms with Gasteiger partial charge in [0.2, 0.25) is 5.88 Å². The Labute approximate surface area is 60.9 Å². The third-order valence-corrected chi connectivity index (χ3v) is 1.09. The Morgan fingerprint density at radius 1 is 1.70 bits per heavy atom. The van der Waals surface area contributed by atoms with Gasteiger partial charge in [-0.2, -0.15) is 0 Å². The number of nitrogens with zero attached hydrogens (tertiary/aromatic N) is 1. The highest BCUT2D eigenvalue weighted by Gasteiger charge is 1.90. The summed E-state index contributed by atoms with van der Waals surface area (Å²) in [5.74, 6) is 0.577. The maximum Gasteiger partial charge on any atom is 0.221 e. The van der Waals surface area contributed by atoms with E-state index in [4.69, 9.17) is 4.74 Å². The van der Waals surface area contributed by atoms with Crippen molar-refractivity contribution in [2.24, 2.45) is 0 Å². The molecule has 0 aliphatic carbocycles. The zero-order valence-electron chi connectivity index (χ0n) is 6.22. The minimum Gasteiger partial charge on any atom is -0.478 e. The van der Waals surface area contributed by atoms with E-state index < -0.39 is 0 Å². The largest absolute Gasteiger partial charge is 0.478 e. The van der Waals surface area contributed by atoms with Gasteiger partial charge < -0.3 is 4.74 Å². The maximum absolute atomic E-state index is 5.09. The van der Waals surface area contributed by atoms with Gasteiger partial charge >= 0.3 is 0 Å². The maximum atomic E-state index is 5.09. The van der Waals surface area contributed by atoms with Gasteiger partial charge in [-0.05, 0) is 25.5 Å². The Morgan fingerprint density at radius 3 is 3.00 bits per heavy atom. The van der Waals surface area contributed by atoms with E-state index >= 15 is 0 Å². The van der Waals surface area contributed by atoms with Crippen LogP contribution < -0.4 is 4.74 Å². The van der Waals surface area contributed by atoms with Gasteiger partial charge in [0.15, 0.2) is 0 Å². The Bertz CT molecular complexity index is 193. The molecule has 0 saturated carbocycles. The van der Waals surface area contributed by atoms with Crippen LogP contribution in [0.25, 0.3) is 0 Å². The summed E-state index contributed by atoms with van der Waals surface area (Å²) in [4.78, 5) is 3.99. The van der Waals surface area contributed by atoms with Crippen LogP contribution in [-0.4, -0.2) is 11.6 Å².